The monoisotopic (exact) mass is 192 g/mol. The minimum atomic E-state index is -0.175. The number of aliphatic hydroxyl groups excluding tert-OH is 1. The lowest BCUT2D eigenvalue weighted by Gasteiger charge is -2.27. The van der Waals surface area contributed by atoms with E-state index in [9.17, 15) is 0 Å². The van der Waals surface area contributed by atoms with Gasteiger partial charge in [-0.2, -0.15) is 0 Å². The summed E-state index contributed by atoms with van der Waals surface area (Å²) in [5.41, 5.74) is 7.13. The van der Waals surface area contributed by atoms with Crippen LogP contribution in [0.15, 0.2) is 12.3 Å². The summed E-state index contributed by atoms with van der Waals surface area (Å²) in [5.74, 6) is 0.714. The van der Waals surface area contributed by atoms with Crippen LogP contribution in [0.5, 0.6) is 0 Å². The summed E-state index contributed by atoms with van der Waals surface area (Å²) < 4.78 is 0. The van der Waals surface area contributed by atoms with Gasteiger partial charge in [-0.25, -0.2) is 4.98 Å². The number of nitrogens with zero attached hydrogens (tertiary/aromatic N) is 3. The normalized spacial score (nSPS) is 19.6. The highest BCUT2D eigenvalue weighted by Crippen LogP contribution is 2.21. The van der Waals surface area contributed by atoms with Crippen molar-refractivity contribution in [1.29, 1.82) is 0 Å². The molecule has 3 N–H and O–H groups in total. The maximum atomic E-state index is 8.92. The lowest BCUT2D eigenvalue weighted by Crippen LogP contribution is -2.40. The first-order chi connectivity index (χ1) is 6.72. The molecule has 0 saturated carbocycles. The number of aromatic nitrogens is 2. The molecule has 0 amide bonds. The van der Waals surface area contributed by atoms with Crippen molar-refractivity contribution in [2.75, 3.05) is 11.9 Å². The van der Waals surface area contributed by atoms with Gasteiger partial charge in [-0.1, -0.05) is 0 Å². The van der Waals surface area contributed by atoms with Gasteiger partial charge in [0.1, 0.15) is 5.69 Å². The summed E-state index contributed by atoms with van der Waals surface area (Å²) in [7, 11) is 1.85. The van der Waals surface area contributed by atoms with Gasteiger partial charge in [-0.15, -0.1) is 0 Å². The molecule has 0 spiro atoms. The molecule has 1 unspecified atom stereocenters. The smallest absolute Gasteiger partial charge is 0.156 e. The molecule has 1 aliphatic heterocycles. The SMILES string of the molecule is CN1c2nc(CO)cnc2C=CC1N. The van der Waals surface area contributed by atoms with Gasteiger partial charge in [-0.3, -0.25) is 4.98 Å². The van der Waals surface area contributed by atoms with E-state index in [0.717, 1.165) is 5.69 Å². The lowest BCUT2D eigenvalue weighted by molar-refractivity contribution is 0.276. The third-order valence-electron chi connectivity index (χ3n) is 2.23. The van der Waals surface area contributed by atoms with Crippen molar-refractivity contribution in [3.8, 4) is 0 Å². The minimum Gasteiger partial charge on any atom is -0.390 e. The van der Waals surface area contributed by atoms with E-state index >= 15 is 0 Å². The van der Waals surface area contributed by atoms with Crippen LogP contribution >= 0.6 is 0 Å². The molecule has 5 heteroatoms. The van der Waals surface area contributed by atoms with Crippen LogP contribution in [0, 0.1) is 0 Å². The molecule has 74 valence electrons. The molecule has 1 aliphatic rings. The van der Waals surface area contributed by atoms with Crippen LogP contribution in [-0.4, -0.2) is 28.3 Å². The molecular weight excluding hydrogens is 180 g/mol. The number of hydrogen-bond acceptors (Lipinski definition) is 5. The topological polar surface area (TPSA) is 75.3 Å². The molecule has 0 bridgehead atoms. The van der Waals surface area contributed by atoms with Gasteiger partial charge < -0.3 is 15.7 Å². The van der Waals surface area contributed by atoms with Gasteiger partial charge in [-0.05, 0) is 12.2 Å². The van der Waals surface area contributed by atoms with E-state index in [1.165, 1.54) is 0 Å². The fraction of sp³-hybridized carbons (Fsp3) is 0.333. The fourth-order valence-corrected chi connectivity index (χ4v) is 1.34. The van der Waals surface area contributed by atoms with Crippen LogP contribution < -0.4 is 10.6 Å². The highest BCUT2D eigenvalue weighted by Gasteiger charge is 2.18. The van der Waals surface area contributed by atoms with E-state index in [-0.39, 0.29) is 12.8 Å². The summed E-state index contributed by atoms with van der Waals surface area (Å²) in [4.78, 5) is 10.2. The van der Waals surface area contributed by atoms with Crippen LogP contribution in [0.4, 0.5) is 5.82 Å². The highest BCUT2D eigenvalue weighted by atomic mass is 16.3. The second kappa shape index (κ2) is 3.36. The molecule has 2 rings (SSSR count). The average molecular weight is 192 g/mol. The minimum absolute atomic E-state index is 0.104. The highest BCUT2D eigenvalue weighted by molar-refractivity contribution is 5.65. The van der Waals surface area contributed by atoms with Crippen LogP contribution in [0.2, 0.25) is 0 Å². The predicted molar refractivity (Wildman–Crippen MR) is 53.4 cm³/mol. The molecule has 1 atom stereocenters. The lowest BCUT2D eigenvalue weighted by atomic mass is 10.2. The average Bonchev–Trinajstić information content (AvgIpc) is 2.23. The van der Waals surface area contributed by atoms with Crippen molar-refractivity contribution in [2.24, 2.45) is 5.73 Å². The van der Waals surface area contributed by atoms with Crippen molar-refractivity contribution >= 4 is 11.9 Å². The molecule has 0 fully saturated rings. The molecule has 0 saturated heterocycles. The maximum absolute atomic E-state index is 8.92. The Kier molecular flexibility index (Phi) is 2.18. The standard InChI is InChI=1S/C9H12N4O/c1-13-8(10)3-2-7-9(13)12-6(5-14)4-11-7/h2-4,8,14H,5,10H2,1H3. The second-order valence-corrected chi connectivity index (χ2v) is 3.19. The molecule has 0 aliphatic carbocycles. The summed E-state index contributed by atoms with van der Waals surface area (Å²) in [6.07, 6.45) is 5.09. The first kappa shape index (κ1) is 9.11. The molecule has 0 aromatic carbocycles. The van der Waals surface area contributed by atoms with E-state index in [0.29, 0.717) is 11.5 Å². The molecule has 0 radical (unpaired) electrons. The van der Waals surface area contributed by atoms with Crippen molar-refractivity contribution < 1.29 is 5.11 Å². The van der Waals surface area contributed by atoms with Gasteiger partial charge in [0.05, 0.1) is 24.7 Å². The Hall–Kier alpha value is -1.46. The van der Waals surface area contributed by atoms with Crippen LogP contribution in [-0.2, 0) is 6.61 Å². The fourth-order valence-electron chi connectivity index (χ4n) is 1.34. The van der Waals surface area contributed by atoms with Crippen molar-refractivity contribution in [1.82, 2.24) is 9.97 Å². The zero-order chi connectivity index (χ0) is 10.1. The van der Waals surface area contributed by atoms with E-state index < -0.39 is 0 Å². The summed E-state index contributed by atoms with van der Waals surface area (Å²) >= 11 is 0. The Labute approximate surface area is 81.9 Å². The summed E-state index contributed by atoms with van der Waals surface area (Å²) in [6.45, 7) is -0.104. The van der Waals surface area contributed by atoms with Gasteiger partial charge in [0.15, 0.2) is 5.82 Å². The molecule has 5 nitrogen and oxygen atoms in total. The first-order valence-electron chi connectivity index (χ1n) is 4.36. The number of hydrogen-bond donors (Lipinski definition) is 2. The molecule has 2 heterocycles. The maximum Gasteiger partial charge on any atom is 0.156 e. The zero-order valence-electron chi connectivity index (χ0n) is 7.88. The second-order valence-electron chi connectivity index (χ2n) is 3.19. The van der Waals surface area contributed by atoms with Crippen molar-refractivity contribution in [3.63, 3.8) is 0 Å². The number of fused-ring (bicyclic) bond motifs is 1. The third-order valence-corrected chi connectivity index (χ3v) is 2.23. The van der Waals surface area contributed by atoms with Crippen LogP contribution in [0.1, 0.15) is 11.4 Å². The number of aliphatic hydroxyl groups is 1. The van der Waals surface area contributed by atoms with E-state index in [4.69, 9.17) is 10.8 Å². The van der Waals surface area contributed by atoms with Crippen molar-refractivity contribution in [3.05, 3.63) is 23.7 Å². The van der Waals surface area contributed by atoms with Crippen LogP contribution in [0.3, 0.4) is 0 Å². The van der Waals surface area contributed by atoms with Gasteiger partial charge in [0, 0.05) is 7.05 Å². The van der Waals surface area contributed by atoms with Gasteiger partial charge >= 0.3 is 0 Å². The molecule has 1 aromatic rings. The van der Waals surface area contributed by atoms with Gasteiger partial charge in [0.2, 0.25) is 0 Å². The molecule has 1 aromatic heterocycles. The predicted octanol–water partition coefficient (Wildman–Crippen LogP) is -0.283. The number of nitrogens with two attached hydrogens (primary N) is 1. The number of rotatable bonds is 1. The number of anilines is 1. The summed E-state index contributed by atoms with van der Waals surface area (Å²) in [5, 5.41) is 8.92. The number of likely N-dealkylation sites (N-methyl/N-ethyl adjacent to an activating group) is 1. The van der Waals surface area contributed by atoms with Gasteiger partial charge in [0.25, 0.3) is 0 Å². The third kappa shape index (κ3) is 1.36. The Morgan fingerprint density at radius 3 is 3.14 bits per heavy atom. The Bertz CT molecular complexity index is 377. The molecular formula is C9H12N4O. The Morgan fingerprint density at radius 1 is 1.64 bits per heavy atom. The zero-order valence-corrected chi connectivity index (χ0v) is 7.88. The quantitative estimate of drug-likeness (QED) is 0.640. The van der Waals surface area contributed by atoms with Crippen LogP contribution in [0.25, 0.3) is 6.08 Å². The largest absolute Gasteiger partial charge is 0.390 e. The van der Waals surface area contributed by atoms with E-state index in [1.54, 1.807) is 6.20 Å². The summed E-state index contributed by atoms with van der Waals surface area (Å²) in [6, 6.07) is 0. The Morgan fingerprint density at radius 2 is 2.43 bits per heavy atom. The molecule has 14 heavy (non-hydrogen) atoms. The van der Waals surface area contributed by atoms with Crippen molar-refractivity contribution in [2.45, 2.75) is 12.8 Å². The van der Waals surface area contributed by atoms with E-state index in [1.807, 2.05) is 24.1 Å². The Balaban J connectivity index is 2.48. The van der Waals surface area contributed by atoms with E-state index in [2.05, 4.69) is 9.97 Å². The first-order valence-corrected chi connectivity index (χ1v) is 4.36.